The van der Waals surface area contributed by atoms with Gasteiger partial charge in [-0.25, -0.2) is 0 Å². The molecule has 0 spiro atoms. The van der Waals surface area contributed by atoms with E-state index in [-0.39, 0.29) is 29.4 Å². The normalized spacial score (nSPS) is 17.8. The first kappa shape index (κ1) is 23.0. The summed E-state index contributed by atoms with van der Waals surface area (Å²) in [7, 11) is 3.57. The van der Waals surface area contributed by atoms with Crippen LogP contribution in [-0.2, 0) is 10.2 Å². The Hall–Kier alpha value is -1.02. The number of hydrogen-bond donors (Lipinski definition) is 2. The van der Waals surface area contributed by atoms with E-state index in [4.69, 9.17) is 9.47 Å². The molecule has 5 nitrogen and oxygen atoms in total. The summed E-state index contributed by atoms with van der Waals surface area (Å²) in [6.45, 7) is 8.83. The summed E-state index contributed by atoms with van der Waals surface area (Å²) in [5.74, 6) is 1.81. The van der Waals surface area contributed by atoms with Gasteiger partial charge in [0, 0.05) is 43.8 Å². The maximum absolute atomic E-state index is 5.68. The third-order valence-electron chi connectivity index (χ3n) is 5.19. The molecular formula is C20H34IN3O2. The quantitative estimate of drug-likeness (QED) is 0.375. The van der Waals surface area contributed by atoms with Crippen molar-refractivity contribution in [1.29, 1.82) is 0 Å². The number of guanidine groups is 1. The van der Waals surface area contributed by atoms with Crippen molar-refractivity contribution >= 4 is 29.9 Å². The number of aryl methyl sites for hydroxylation is 1. The number of ether oxygens (including phenoxy) is 2. The minimum absolute atomic E-state index is 0. The summed E-state index contributed by atoms with van der Waals surface area (Å²) in [4.78, 5) is 4.38. The van der Waals surface area contributed by atoms with Crippen molar-refractivity contribution in [3.8, 4) is 5.75 Å². The Bertz CT molecular complexity index is 586. The largest absolute Gasteiger partial charge is 0.496 e. The monoisotopic (exact) mass is 475 g/mol. The first-order chi connectivity index (χ1) is 12.0. The number of nitrogens with zero attached hydrogens (tertiary/aromatic N) is 1. The van der Waals surface area contributed by atoms with Gasteiger partial charge in [-0.05, 0) is 39.2 Å². The number of nitrogens with one attached hydrogen (secondary N) is 2. The molecule has 0 aliphatic carbocycles. The molecule has 2 N–H and O–H groups in total. The lowest BCUT2D eigenvalue weighted by Crippen LogP contribution is -2.49. The van der Waals surface area contributed by atoms with E-state index in [1.54, 1.807) is 7.11 Å². The molecule has 1 aromatic carbocycles. The van der Waals surface area contributed by atoms with Gasteiger partial charge in [0.2, 0.25) is 0 Å². The maximum atomic E-state index is 5.68. The van der Waals surface area contributed by atoms with E-state index in [2.05, 4.69) is 54.6 Å². The van der Waals surface area contributed by atoms with Crippen molar-refractivity contribution in [3.05, 3.63) is 29.3 Å². The Morgan fingerprint density at radius 1 is 1.35 bits per heavy atom. The topological polar surface area (TPSA) is 54.9 Å². The van der Waals surface area contributed by atoms with Gasteiger partial charge in [-0.1, -0.05) is 24.6 Å². The van der Waals surface area contributed by atoms with E-state index in [1.807, 2.05) is 7.05 Å². The lowest BCUT2D eigenvalue weighted by Gasteiger charge is -2.39. The molecule has 1 aromatic rings. The van der Waals surface area contributed by atoms with Crippen LogP contribution in [0.25, 0.3) is 0 Å². The van der Waals surface area contributed by atoms with Gasteiger partial charge in [-0.15, -0.1) is 24.0 Å². The number of rotatable bonds is 6. The Kier molecular flexibility index (Phi) is 9.71. The third kappa shape index (κ3) is 5.74. The van der Waals surface area contributed by atoms with Crippen LogP contribution in [0, 0.1) is 6.92 Å². The highest BCUT2D eigenvalue weighted by molar-refractivity contribution is 14.0. The molecule has 1 unspecified atom stereocenters. The van der Waals surface area contributed by atoms with Crippen LogP contribution < -0.4 is 15.4 Å². The van der Waals surface area contributed by atoms with Gasteiger partial charge in [0.15, 0.2) is 5.96 Å². The van der Waals surface area contributed by atoms with E-state index in [0.29, 0.717) is 6.04 Å². The second-order valence-corrected chi connectivity index (χ2v) is 6.98. The van der Waals surface area contributed by atoms with Gasteiger partial charge in [-0.3, -0.25) is 4.99 Å². The van der Waals surface area contributed by atoms with Crippen LogP contribution in [-0.4, -0.2) is 45.9 Å². The lowest BCUT2D eigenvalue weighted by molar-refractivity contribution is 0.0505. The molecule has 0 aromatic heterocycles. The summed E-state index contributed by atoms with van der Waals surface area (Å²) in [6, 6.07) is 6.84. The van der Waals surface area contributed by atoms with Crippen molar-refractivity contribution in [1.82, 2.24) is 10.6 Å². The number of methoxy groups -OCH3 is 1. The summed E-state index contributed by atoms with van der Waals surface area (Å²) in [5, 5.41) is 6.98. The Labute approximate surface area is 175 Å². The van der Waals surface area contributed by atoms with E-state index in [1.165, 1.54) is 11.1 Å². The van der Waals surface area contributed by atoms with Crippen LogP contribution in [0.5, 0.6) is 5.75 Å². The third-order valence-corrected chi connectivity index (χ3v) is 5.19. The number of hydrogen-bond acceptors (Lipinski definition) is 3. The molecule has 1 aliphatic rings. The number of aliphatic imine (C=N–C) groups is 1. The highest BCUT2D eigenvalue weighted by Gasteiger charge is 2.37. The average Bonchev–Trinajstić information content (AvgIpc) is 2.65. The van der Waals surface area contributed by atoms with Crippen LogP contribution in [0.4, 0.5) is 0 Å². The number of halogens is 1. The van der Waals surface area contributed by atoms with Crippen molar-refractivity contribution in [2.24, 2.45) is 4.99 Å². The smallest absolute Gasteiger partial charge is 0.191 e. The van der Waals surface area contributed by atoms with Crippen molar-refractivity contribution in [2.45, 2.75) is 51.5 Å². The van der Waals surface area contributed by atoms with Gasteiger partial charge < -0.3 is 20.1 Å². The summed E-state index contributed by atoms with van der Waals surface area (Å²) < 4.78 is 11.3. The van der Waals surface area contributed by atoms with Gasteiger partial charge >= 0.3 is 0 Å². The summed E-state index contributed by atoms with van der Waals surface area (Å²) in [5.41, 5.74) is 2.51. The highest BCUT2D eigenvalue weighted by Crippen LogP contribution is 2.40. The molecular weight excluding hydrogens is 441 g/mol. The fourth-order valence-corrected chi connectivity index (χ4v) is 3.32. The molecule has 2 rings (SSSR count). The van der Waals surface area contributed by atoms with E-state index >= 15 is 0 Å². The molecule has 0 amide bonds. The molecule has 1 aliphatic heterocycles. The molecule has 148 valence electrons. The predicted molar refractivity (Wildman–Crippen MR) is 119 cm³/mol. The average molecular weight is 475 g/mol. The van der Waals surface area contributed by atoms with Crippen LogP contribution in [0.1, 0.15) is 44.2 Å². The van der Waals surface area contributed by atoms with Crippen molar-refractivity contribution in [3.63, 3.8) is 0 Å². The van der Waals surface area contributed by atoms with Crippen molar-refractivity contribution in [2.75, 3.05) is 33.9 Å². The molecule has 26 heavy (non-hydrogen) atoms. The first-order valence-corrected chi connectivity index (χ1v) is 9.24. The minimum atomic E-state index is -0.0112. The van der Waals surface area contributed by atoms with E-state index in [9.17, 15) is 0 Å². The molecule has 0 bridgehead atoms. The molecule has 0 radical (unpaired) electrons. The summed E-state index contributed by atoms with van der Waals surface area (Å²) >= 11 is 0. The molecule has 1 atom stereocenters. The Morgan fingerprint density at radius 2 is 2.04 bits per heavy atom. The van der Waals surface area contributed by atoms with Crippen molar-refractivity contribution < 1.29 is 9.47 Å². The van der Waals surface area contributed by atoms with Crippen LogP contribution in [0.2, 0.25) is 0 Å². The van der Waals surface area contributed by atoms with Gasteiger partial charge in [0.1, 0.15) is 5.75 Å². The first-order valence-electron chi connectivity index (χ1n) is 9.24. The fourth-order valence-electron chi connectivity index (χ4n) is 3.32. The zero-order chi connectivity index (χ0) is 18.3. The Balaban J connectivity index is 0.00000338. The lowest BCUT2D eigenvalue weighted by atomic mass is 9.73. The van der Waals surface area contributed by atoms with E-state index in [0.717, 1.165) is 50.7 Å². The van der Waals surface area contributed by atoms with Crippen LogP contribution in [0.3, 0.4) is 0 Å². The molecule has 0 saturated carbocycles. The second kappa shape index (κ2) is 11.0. The van der Waals surface area contributed by atoms with Gasteiger partial charge in [0.25, 0.3) is 0 Å². The van der Waals surface area contributed by atoms with Crippen LogP contribution in [0.15, 0.2) is 23.2 Å². The van der Waals surface area contributed by atoms with E-state index < -0.39 is 0 Å². The Morgan fingerprint density at radius 3 is 2.62 bits per heavy atom. The zero-order valence-corrected chi connectivity index (χ0v) is 19.1. The molecule has 1 heterocycles. The fraction of sp³-hybridized carbons (Fsp3) is 0.650. The van der Waals surface area contributed by atoms with Crippen LogP contribution >= 0.6 is 24.0 Å². The second-order valence-electron chi connectivity index (χ2n) is 6.98. The zero-order valence-electron chi connectivity index (χ0n) is 16.7. The summed E-state index contributed by atoms with van der Waals surface area (Å²) in [6.07, 6.45) is 3.01. The maximum Gasteiger partial charge on any atom is 0.191 e. The van der Waals surface area contributed by atoms with Gasteiger partial charge in [-0.2, -0.15) is 0 Å². The minimum Gasteiger partial charge on any atom is -0.496 e. The SMILES string of the molecule is CCC(C)NC(=NC)NCC1(c2cc(C)ccc2OC)CCOCC1.I. The molecule has 6 heteroatoms. The number of benzene rings is 1. The predicted octanol–water partition coefficient (Wildman–Crippen LogP) is 3.63. The standard InChI is InChI=1S/C20H33N3O2.HI/c1-6-16(3)23-19(21-4)22-14-20(9-11-25-12-10-20)17-13-15(2)7-8-18(17)24-5;/h7-8,13,16H,6,9-12,14H2,1-5H3,(H2,21,22,23);1H. The highest BCUT2D eigenvalue weighted by atomic mass is 127. The molecule has 1 fully saturated rings. The molecule has 1 saturated heterocycles. The van der Waals surface area contributed by atoms with Gasteiger partial charge in [0.05, 0.1) is 7.11 Å².